The minimum Gasteiger partial charge on any atom is -0.466 e. The van der Waals surface area contributed by atoms with Crippen LogP contribution in [0, 0.1) is 0 Å². The molecule has 0 saturated heterocycles. The van der Waals surface area contributed by atoms with E-state index in [-0.39, 0.29) is 12.5 Å². The summed E-state index contributed by atoms with van der Waals surface area (Å²) in [7, 11) is 0. The van der Waals surface area contributed by atoms with Crippen LogP contribution in [-0.4, -0.2) is 27.3 Å². The Morgan fingerprint density at radius 1 is 1.36 bits per heavy atom. The van der Waals surface area contributed by atoms with Gasteiger partial charge in [0.25, 0.3) is 5.91 Å². The molecule has 0 fully saturated rings. The van der Waals surface area contributed by atoms with E-state index in [4.69, 9.17) is 4.74 Å². The van der Waals surface area contributed by atoms with E-state index in [2.05, 4.69) is 31.3 Å². The molecule has 0 atom stereocenters. The fourth-order valence-electron chi connectivity index (χ4n) is 1.72. The van der Waals surface area contributed by atoms with E-state index >= 15 is 0 Å². The molecule has 0 aliphatic heterocycles. The average Bonchev–Trinajstić information content (AvgIpc) is 3.16. The molecule has 3 rings (SSSR count). The van der Waals surface area contributed by atoms with E-state index in [1.807, 2.05) is 30.3 Å². The number of amides is 1. The summed E-state index contributed by atoms with van der Waals surface area (Å²) in [5.74, 6) is 0.0780. The van der Waals surface area contributed by atoms with Crippen LogP contribution < -0.4 is 10.1 Å². The summed E-state index contributed by atoms with van der Waals surface area (Å²) in [4.78, 5) is 15.7. The standard InChI is InChI=1S/C14H11BrN4O2S/c15-11-8-19(10-4-2-1-3-5-10)18-13(11)21-9-12(20)17-14-16-6-7-22-14/h1-8H,9H2,(H,16,17,20). The van der Waals surface area contributed by atoms with Crippen LogP contribution >= 0.6 is 27.3 Å². The van der Waals surface area contributed by atoms with E-state index in [1.165, 1.54) is 11.3 Å². The van der Waals surface area contributed by atoms with E-state index in [9.17, 15) is 4.79 Å². The first-order valence-corrected chi connectivity index (χ1v) is 8.02. The molecule has 2 aromatic heterocycles. The van der Waals surface area contributed by atoms with Crippen LogP contribution in [0.5, 0.6) is 5.88 Å². The van der Waals surface area contributed by atoms with Gasteiger partial charge in [-0.2, -0.15) is 0 Å². The lowest BCUT2D eigenvalue weighted by Gasteiger charge is -2.03. The van der Waals surface area contributed by atoms with Crippen molar-refractivity contribution >= 4 is 38.3 Å². The number of ether oxygens (including phenoxy) is 1. The second-order valence-corrected chi connectivity index (χ2v) is 5.99. The molecule has 8 heteroatoms. The molecule has 22 heavy (non-hydrogen) atoms. The van der Waals surface area contributed by atoms with Gasteiger partial charge in [0.2, 0.25) is 5.88 Å². The fraction of sp³-hybridized carbons (Fsp3) is 0.0714. The van der Waals surface area contributed by atoms with E-state index in [1.54, 1.807) is 22.5 Å². The third kappa shape index (κ3) is 3.52. The van der Waals surface area contributed by atoms with Crippen molar-refractivity contribution in [3.05, 3.63) is 52.6 Å². The number of nitrogens with one attached hydrogen (secondary N) is 1. The predicted octanol–water partition coefficient (Wildman–Crippen LogP) is 3.11. The maximum absolute atomic E-state index is 11.8. The highest BCUT2D eigenvalue weighted by Crippen LogP contribution is 2.24. The molecule has 0 unspecified atom stereocenters. The number of anilines is 1. The Bertz CT molecular complexity index is 759. The number of nitrogens with zero attached hydrogens (tertiary/aromatic N) is 3. The Hall–Kier alpha value is -2.19. The Labute approximate surface area is 138 Å². The van der Waals surface area contributed by atoms with E-state index in [0.29, 0.717) is 15.5 Å². The third-order valence-electron chi connectivity index (χ3n) is 2.68. The molecule has 1 aromatic carbocycles. The van der Waals surface area contributed by atoms with Crippen LogP contribution in [0.3, 0.4) is 0 Å². The molecule has 6 nitrogen and oxygen atoms in total. The SMILES string of the molecule is O=C(COc1nn(-c2ccccc2)cc1Br)Nc1nccs1. The molecule has 2 heterocycles. The fourth-order valence-corrected chi connectivity index (χ4v) is 2.66. The lowest BCUT2D eigenvalue weighted by atomic mass is 10.3. The van der Waals surface area contributed by atoms with Gasteiger partial charge in [-0.3, -0.25) is 10.1 Å². The zero-order valence-electron chi connectivity index (χ0n) is 11.3. The van der Waals surface area contributed by atoms with Crippen molar-refractivity contribution in [1.29, 1.82) is 0 Å². The van der Waals surface area contributed by atoms with Crippen LogP contribution in [0.1, 0.15) is 0 Å². The van der Waals surface area contributed by atoms with Crippen molar-refractivity contribution in [3.63, 3.8) is 0 Å². The number of thiazole rings is 1. The number of aromatic nitrogens is 3. The lowest BCUT2D eigenvalue weighted by molar-refractivity contribution is -0.118. The summed E-state index contributed by atoms with van der Waals surface area (Å²) < 4.78 is 7.79. The Morgan fingerprint density at radius 3 is 2.91 bits per heavy atom. The number of carbonyl (C=O) groups excluding carboxylic acids is 1. The number of hydrogen-bond acceptors (Lipinski definition) is 5. The number of para-hydroxylation sites is 1. The van der Waals surface area contributed by atoms with Crippen LogP contribution in [-0.2, 0) is 4.79 Å². The first-order valence-electron chi connectivity index (χ1n) is 6.35. The molecule has 112 valence electrons. The Kier molecular flexibility index (Phi) is 4.50. The van der Waals surface area contributed by atoms with Gasteiger partial charge in [-0.25, -0.2) is 9.67 Å². The highest BCUT2D eigenvalue weighted by atomic mass is 79.9. The lowest BCUT2D eigenvalue weighted by Crippen LogP contribution is -2.20. The molecule has 0 radical (unpaired) electrons. The highest BCUT2D eigenvalue weighted by Gasteiger charge is 2.11. The van der Waals surface area contributed by atoms with Crippen LogP contribution in [0.15, 0.2) is 52.6 Å². The number of benzene rings is 1. The van der Waals surface area contributed by atoms with Gasteiger partial charge in [0.15, 0.2) is 11.7 Å². The van der Waals surface area contributed by atoms with Crippen LogP contribution in [0.2, 0.25) is 0 Å². The molecule has 0 bridgehead atoms. The quantitative estimate of drug-likeness (QED) is 0.740. The third-order valence-corrected chi connectivity index (χ3v) is 3.91. The summed E-state index contributed by atoms with van der Waals surface area (Å²) in [6, 6.07) is 9.64. The molecule has 0 spiro atoms. The van der Waals surface area contributed by atoms with Gasteiger partial charge in [0.05, 0.1) is 10.2 Å². The second-order valence-electron chi connectivity index (χ2n) is 4.24. The zero-order valence-corrected chi connectivity index (χ0v) is 13.7. The van der Waals surface area contributed by atoms with Gasteiger partial charge in [-0.05, 0) is 28.1 Å². The first kappa shape index (κ1) is 14.7. The summed E-state index contributed by atoms with van der Waals surface area (Å²) in [5.41, 5.74) is 0.908. The summed E-state index contributed by atoms with van der Waals surface area (Å²) in [6.45, 7) is -0.135. The minimum absolute atomic E-state index is 0.135. The summed E-state index contributed by atoms with van der Waals surface area (Å²) in [6.07, 6.45) is 3.41. The van der Waals surface area contributed by atoms with Crippen molar-refractivity contribution in [3.8, 4) is 11.6 Å². The molecule has 1 amide bonds. The number of rotatable bonds is 5. The largest absolute Gasteiger partial charge is 0.466 e. The topological polar surface area (TPSA) is 69.0 Å². The zero-order chi connectivity index (χ0) is 15.4. The van der Waals surface area contributed by atoms with Gasteiger partial charge in [0, 0.05) is 17.8 Å². The number of carbonyl (C=O) groups is 1. The van der Waals surface area contributed by atoms with Gasteiger partial charge in [-0.1, -0.05) is 18.2 Å². The van der Waals surface area contributed by atoms with E-state index < -0.39 is 0 Å². The number of hydrogen-bond donors (Lipinski definition) is 1. The van der Waals surface area contributed by atoms with Crippen molar-refractivity contribution in [2.24, 2.45) is 0 Å². The van der Waals surface area contributed by atoms with Crippen molar-refractivity contribution in [1.82, 2.24) is 14.8 Å². The molecule has 0 aliphatic carbocycles. The number of halogens is 1. The van der Waals surface area contributed by atoms with Gasteiger partial charge in [0.1, 0.15) is 0 Å². The molecule has 1 N–H and O–H groups in total. The summed E-state index contributed by atoms with van der Waals surface area (Å²) >= 11 is 4.72. The monoisotopic (exact) mass is 378 g/mol. The predicted molar refractivity (Wildman–Crippen MR) is 87.5 cm³/mol. The molecular weight excluding hydrogens is 368 g/mol. The molecule has 0 saturated carbocycles. The molecular formula is C14H11BrN4O2S. The Morgan fingerprint density at radius 2 is 2.18 bits per heavy atom. The molecule has 3 aromatic rings. The average molecular weight is 379 g/mol. The van der Waals surface area contributed by atoms with Crippen LogP contribution in [0.4, 0.5) is 5.13 Å². The van der Waals surface area contributed by atoms with Crippen molar-refractivity contribution in [2.45, 2.75) is 0 Å². The van der Waals surface area contributed by atoms with Crippen molar-refractivity contribution in [2.75, 3.05) is 11.9 Å². The van der Waals surface area contributed by atoms with Crippen LogP contribution in [0.25, 0.3) is 5.69 Å². The second kappa shape index (κ2) is 6.71. The summed E-state index contributed by atoms with van der Waals surface area (Å²) in [5, 5.41) is 9.28. The maximum atomic E-state index is 11.8. The highest BCUT2D eigenvalue weighted by molar-refractivity contribution is 9.10. The maximum Gasteiger partial charge on any atom is 0.264 e. The van der Waals surface area contributed by atoms with Gasteiger partial charge < -0.3 is 4.74 Å². The van der Waals surface area contributed by atoms with Crippen molar-refractivity contribution < 1.29 is 9.53 Å². The molecule has 0 aliphatic rings. The smallest absolute Gasteiger partial charge is 0.264 e. The normalized spacial score (nSPS) is 10.4. The van der Waals surface area contributed by atoms with Gasteiger partial charge in [-0.15, -0.1) is 16.4 Å². The van der Waals surface area contributed by atoms with Gasteiger partial charge >= 0.3 is 0 Å². The van der Waals surface area contributed by atoms with E-state index in [0.717, 1.165) is 5.69 Å². The minimum atomic E-state index is -0.281. The first-order chi connectivity index (χ1) is 10.7. The Balaban J connectivity index is 1.63.